The van der Waals surface area contributed by atoms with Crippen molar-refractivity contribution in [2.24, 2.45) is 0 Å². The first-order valence-electron chi connectivity index (χ1n) is 9.38. The molecule has 3 aromatic carbocycles. The lowest BCUT2D eigenvalue weighted by Gasteiger charge is -2.24. The number of hydrogen-bond acceptors (Lipinski definition) is 3. The molecule has 146 valence electrons. The Morgan fingerprint density at radius 3 is 2.48 bits per heavy atom. The van der Waals surface area contributed by atoms with E-state index in [1.807, 2.05) is 67.6 Å². The van der Waals surface area contributed by atoms with E-state index in [2.05, 4.69) is 10.6 Å². The van der Waals surface area contributed by atoms with Crippen LogP contribution >= 0.6 is 0 Å². The number of aryl methyl sites for hydroxylation is 1. The van der Waals surface area contributed by atoms with E-state index in [1.54, 1.807) is 13.0 Å². The van der Waals surface area contributed by atoms with Gasteiger partial charge in [0.25, 0.3) is 5.91 Å². The second kappa shape index (κ2) is 7.05. The predicted octanol–water partition coefficient (Wildman–Crippen LogP) is 3.55. The van der Waals surface area contributed by atoms with Crippen molar-refractivity contribution in [3.63, 3.8) is 0 Å². The molecule has 4 rings (SSSR count). The van der Waals surface area contributed by atoms with Gasteiger partial charge in [0, 0.05) is 5.69 Å². The maximum atomic E-state index is 13.2. The van der Waals surface area contributed by atoms with Crippen LogP contribution in [0.3, 0.4) is 0 Å². The van der Waals surface area contributed by atoms with Gasteiger partial charge in [0.2, 0.25) is 5.91 Å². The zero-order valence-electron chi connectivity index (χ0n) is 16.2. The summed E-state index contributed by atoms with van der Waals surface area (Å²) in [6.45, 7) is 3.20. The third-order valence-electron chi connectivity index (χ3n) is 5.32. The maximum Gasteiger partial charge on any atom is 0.325 e. The number of hydrogen-bond donors (Lipinski definition) is 2. The lowest BCUT2D eigenvalue weighted by atomic mass is 9.88. The SMILES string of the molecule is Cc1ccccc1NC(=O)CN1C(=O)N[C@](C)(c2cccc3ccccc23)C1=O. The molecule has 0 aliphatic carbocycles. The molecule has 4 amide bonds. The van der Waals surface area contributed by atoms with E-state index in [-0.39, 0.29) is 6.54 Å². The molecule has 0 aromatic heterocycles. The van der Waals surface area contributed by atoms with Crippen LogP contribution in [0.4, 0.5) is 10.5 Å². The average Bonchev–Trinajstić information content (AvgIpc) is 2.93. The van der Waals surface area contributed by atoms with Crippen molar-refractivity contribution in [1.82, 2.24) is 10.2 Å². The average molecular weight is 387 g/mol. The van der Waals surface area contributed by atoms with Crippen LogP contribution in [0.1, 0.15) is 18.1 Å². The molecule has 1 aliphatic heterocycles. The molecule has 0 saturated carbocycles. The third kappa shape index (κ3) is 3.23. The highest BCUT2D eigenvalue weighted by atomic mass is 16.2. The molecule has 1 aliphatic rings. The number of carbonyl (C=O) groups excluding carboxylic acids is 3. The third-order valence-corrected chi connectivity index (χ3v) is 5.32. The first-order valence-corrected chi connectivity index (χ1v) is 9.38. The van der Waals surface area contributed by atoms with Crippen molar-refractivity contribution in [2.75, 3.05) is 11.9 Å². The summed E-state index contributed by atoms with van der Waals surface area (Å²) in [6, 6.07) is 20.1. The summed E-state index contributed by atoms with van der Waals surface area (Å²) in [4.78, 5) is 39.2. The van der Waals surface area contributed by atoms with Crippen LogP contribution in [-0.2, 0) is 15.1 Å². The number of urea groups is 1. The molecule has 6 nitrogen and oxygen atoms in total. The summed E-state index contributed by atoms with van der Waals surface area (Å²) in [5.41, 5.74) is 1.02. The standard InChI is InChI=1S/C23H21N3O3/c1-15-8-3-6-13-19(15)24-20(27)14-26-21(28)23(2,25-22(26)29)18-12-7-10-16-9-4-5-11-17(16)18/h3-13H,14H2,1-2H3,(H,24,27)(H,25,29)/t23-/m1/s1. The van der Waals surface area contributed by atoms with Gasteiger partial charge in [-0.2, -0.15) is 0 Å². The van der Waals surface area contributed by atoms with Gasteiger partial charge in [0.05, 0.1) is 0 Å². The first kappa shape index (κ1) is 18.7. The monoisotopic (exact) mass is 387 g/mol. The Bertz CT molecular complexity index is 1140. The van der Waals surface area contributed by atoms with Crippen LogP contribution in [0.15, 0.2) is 66.7 Å². The Labute approximate surface area is 168 Å². The zero-order chi connectivity index (χ0) is 20.6. The van der Waals surface area contributed by atoms with E-state index in [1.165, 1.54) is 0 Å². The molecule has 2 N–H and O–H groups in total. The number of nitrogens with zero attached hydrogens (tertiary/aromatic N) is 1. The van der Waals surface area contributed by atoms with Crippen molar-refractivity contribution in [3.8, 4) is 0 Å². The molecule has 29 heavy (non-hydrogen) atoms. The number of amides is 4. The van der Waals surface area contributed by atoms with E-state index >= 15 is 0 Å². The quantitative estimate of drug-likeness (QED) is 0.672. The molecule has 0 spiro atoms. The topological polar surface area (TPSA) is 78.5 Å². The summed E-state index contributed by atoms with van der Waals surface area (Å²) < 4.78 is 0. The summed E-state index contributed by atoms with van der Waals surface area (Å²) in [5, 5.41) is 7.40. The molecule has 0 bridgehead atoms. The fourth-order valence-corrected chi connectivity index (χ4v) is 3.73. The molecule has 1 fully saturated rings. The van der Waals surface area contributed by atoms with Crippen LogP contribution in [-0.4, -0.2) is 29.3 Å². The summed E-state index contributed by atoms with van der Waals surface area (Å²) in [6.07, 6.45) is 0. The Balaban J connectivity index is 1.60. The highest BCUT2D eigenvalue weighted by molar-refractivity contribution is 6.11. The van der Waals surface area contributed by atoms with Gasteiger partial charge in [0.15, 0.2) is 0 Å². The number of benzene rings is 3. The van der Waals surface area contributed by atoms with Gasteiger partial charge in [0.1, 0.15) is 12.1 Å². The largest absolute Gasteiger partial charge is 0.325 e. The van der Waals surface area contributed by atoms with Crippen LogP contribution in [0.5, 0.6) is 0 Å². The van der Waals surface area contributed by atoms with Crippen molar-refractivity contribution in [3.05, 3.63) is 77.9 Å². The van der Waals surface area contributed by atoms with Gasteiger partial charge in [-0.25, -0.2) is 4.79 Å². The lowest BCUT2D eigenvalue weighted by Crippen LogP contribution is -2.42. The fourth-order valence-electron chi connectivity index (χ4n) is 3.73. The summed E-state index contributed by atoms with van der Waals surface area (Å²) >= 11 is 0. The zero-order valence-corrected chi connectivity index (χ0v) is 16.2. The van der Waals surface area contributed by atoms with E-state index in [0.29, 0.717) is 11.3 Å². The molecule has 6 heteroatoms. The highest BCUT2D eigenvalue weighted by Gasteiger charge is 2.50. The van der Waals surface area contributed by atoms with Gasteiger partial charge < -0.3 is 10.6 Å². The minimum absolute atomic E-state index is 0.348. The Hall–Kier alpha value is -3.67. The van der Waals surface area contributed by atoms with Crippen LogP contribution in [0.25, 0.3) is 10.8 Å². The van der Waals surface area contributed by atoms with Gasteiger partial charge in [-0.05, 0) is 41.8 Å². The fraction of sp³-hybridized carbons (Fsp3) is 0.174. The normalized spacial score (nSPS) is 18.8. The van der Waals surface area contributed by atoms with Crippen molar-refractivity contribution < 1.29 is 14.4 Å². The number of nitrogens with one attached hydrogen (secondary N) is 2. The number of imide groups is 1. The highest BCUT2D eigenvalue weighted by Crippen LogP contribution is 2.33. The number of rotatable bonds is 4. The maximum absolute atomic E-state index is 13.2. The van der Waals surface area contributed by atoms with Crippen LogP contribution in [0, 0.1) is 6.92 Å². The molecule has 1 heterocycles. The smallest absolute Gasteiger partial charge is 0.324 e. The van der Waals surface area contributed by atoms with E-state index < -0.39 is 23.4 Å². The van der Waals surface area contributed by atoms with Crippen molar-refractivity contribution in [2.45, 2.75) is 19.4 Å². The Morgan fingerprint density at radius 2 is 1.69 bits per heavy atom. The van der Waals surface area contributed by atoms with E-state index in [0.717, 1.165) is 21.2 Å². The van der Waals surface area contributed by atoms with Gasteiger partial charge >= 0.3 is 6.03 Å². The van der Waals surface area contributed by atoms with Gasteiger partial charge in [-0.3, -0.25) is 14.5 Å². The van der Waals surface area contributed by atoms with E-state index in [9.17, 15) is 14.4 Å². The summed E-state index contributed by atoms with van der Waals surface area (Å²) in [5.74, 6) is -0.872. The van der Waals surface area contributed by atoms with Gasteiger partial charge in [-0.15, -0.1) is 0 Å². The lowest BCUT2D eigenvalue weighted by molar-refractivity contribution is -0.133. The molecule has 1 atom stereocenters. The van der Waals surface area contributed by atoms with E-state index in [4.69, 9.17) is 0 Å². The number of fused-ring (bicyclic) bond motifs is 1. The Morgan fingerprint density at radius 1 is 1.00 bits per heavy atom. The van der Waals surface area contributed by atoms with Crippen molar-refractivity contribution >= 4 is 34.3 Å². The second-order valence-corrected chi connectivity index (χ2v) is 7.34. The molecule has 1 saturated heterocycles. The molecule has 3 aromatic rings. The van der Waals surface area contributed by atoms with Gasteiger partial charge in [-0.1, -0.05) is 60.7 Å². The minimum atomic E-state index is -1.24. The first-order chi connectivity index (χ1) is 13.9. The molecule has 0 unspecified atom stereocenters. The van der Waals surface area contributed by atoms with Crippen LogP contribution in [0.2, 0.25) is 0 Å². The molecular formula is C23H21N3O3. The summed E-state index contributed by atoms with van der Waals surface area (Å²) in [7, 11) is 0. The number of carbonyl (C=O) groups is 3. The van der Waals surface area contributed by atoms with Crippen molar-refractivity contribution in [1.29, 1.82) is 0 Å². The minimum Gasteiger partial charge on any atom is -0.324 e. The molecule has 0 radical (unpaired) electrons. The number of para-hydroxylation sites is 1. The second-order valence-electron chi connectivity index (χ2n) is 7.34. The number of anilines is 1. The predicted molar refractivity (Wildman–Crippen MR) is 111 cm³/mol. The van der Waals surface area contributed by atoms with Crippen LogP contribution < -0.4 is 10.6 Å². The molecular weight excluding hydrogens is 366 g/mol. The Kier molecular flexibility index (Phi) is 4.54.